The molecule has 1 aromatic heterocycles. The van der Waals surface area contributed by atoms with Gasteiger partial charge in [-0.15, -0.1) is 0 Å². The number of fused-ring (bicyclic) bond motifs is 1. The smallest absolute Gasteiger partial charge is 0.338 e. The van der Waals surface area contributed by atoms with Crippen molar-refractivity contribution in [3.8, 4) is 5.75 Å². The summed E-state index contributed by atoms with van der Waals surface area (Å²) in [4.78, 5) is 31.6. The Morgan fingerprint density at radius 2 is 1.94 bits per heavy atom. The lowest BCUT2D eigenvalue weighted by Gasteiger charge is -2.25. The van der Waals surface area contributed by atoms with E-state index in [0.717, 1.165) is 16.7 Å². The molecule has 0 saturated carbocycles. The molecule has 0 spiro atoms. The van der Waals surface area contributed by atoms with E-state index in [1.807, 2.05) is 61.5 Å². The van der Waals surface area contributed by atoms with Gasteiger partial charge in [-0.05, 0) is 50.1 Å². The Morgan fingerprint density at radius 3 is 2.62 bits per heavy atom. The highest BCUT2D eigenvalue weighted by atomic mass is 32.1. The lowest BCUT2D eigenvalue weighted by molar-refractivity contribution is -0.139. The number of thiazole rings is 1. The summed E-state index contributed by atoms with van der Waals surface area (Å²) in [5.41, 5.74) is 3.53. The third-order valence-electron chi connectivity index (χ3n) is 5.30. The number of ether oxygens (including phenoxy) is 2. The zero-order valence-corrected chi connectivity index (χ0v) is 19.2. The fourth-order valence-electron chi connectivity index (χ4n) is 3.73. The van der Waals surface area contributed by atoms with Crippen LogP contribution in [0.4, 0.5) is 0 Å². The van der Waals surface area contributed by atoms with Crippen LogP contribution >= 0.6 is 11.3 Å². The van der Waals surface area contributed by atoms with Gasteiger partial charge in [0.05, 0.1) is 35.6 Å². The van der Waals surface area contributed by atoms with Gasteiger partial charge in [0, 0.05) is 0 Å². The maximum absolute atomic E-state index is 13.5. The molecule has 0 amide bonds. The van der Waals surface area contributed by atoms with E-state index in [0.29, 0.717) is 26.4 Å². The van der Waals surface area contributed by atoms with Crippen LogP contribution in [-0.2, 0) is 9.53 Å². The fourth-order valence-corrected chi connectivity index (χ4v) is 4.78. The van der Waals surface area contributed by atoms with Gasteiger partial charge in [0.1, 0.15) is 5.75 Å². The molecule has 3 aromatic rings. The van der Waals surface area contributed by atoms with Crippen LogP contribution in [0.25, 0.3) is 6.08 Å². The van der Waals surface area contributed by atoms with Gasteiger partial charge in [-0.25, -0.2) is 9.79 Å². The van der Waals surface area contributed by atoms with E-state index in [4.69, 9.17) is 9.47 Å². The first-order valence-electron chi connectivity index (χ1n) is 10.3. The molecule has 7 heteroatoms. The van der Waals surface area contributed by atoms with E-state index in [-0.39, 0.29) is 12.2 Å². The van der Waals surface area contributed by atoms with Crippen LogP contribution < -0.4 is 19.6 Å². The lowest BCUT2D eigenvalue weighted by atomic mass is 9.95. The molecule has 0 aliphatic carbocycles. The molecule has 1 aliphatic heterocycles. The van der Waals surface area contributed by atoms with Gasteiger partial charge < -0.3 is 9.47 Å². The minimum absolute atomic E-state index is 0.198. The number of methoxy groups -OCH3 is 1. The molecule has 0 saturated heterocycles. The van der Waals surface area contributed by atoms with E-state index in [1.165, 1.54) is 11.3 Å². The number of esters is 1. The van der Waals surface area contributed by atoms with E-state index < -0.39 is 12.0 Å². The molecule has 0 fully saturated rings. The number of allylic oxidation sites excluding steroid dienone is 1. The number of nitrogens with zero attached hydrogens (tertiary/aromatic N) is 2. The topological polar surface area (TPSA) is 69.9 Å². The normalized spacial score (nSPS) is 15.9. The maximum atomic E-state index is 13.5. The van der Waals surface area contributed by atoms with Crippen molar-refractivity contribution in [1.82, 2.24) is 4.57 Å². The zero-order valence-electron chi connectivity index (χ0n) is 18.4. The first-order chi connectivity index (χ1) is 15.4. The number of carbonyl (C=O) groups excluding carboxylic acids is 1. The third-order valence-corrected chi connectivity index (χ3v) is 6.28. The minimum Gasteiger partial charge on any atom is -0.497 e. The van der Waals surface area contributed by atoms with Gasteiger partial charge >= 0.3 is 5.97 Å². The van der Waals surface area contributed by atoms with Crippen molar-refractivity contribution in [2.75, 3.05) is 13.7 Å². The third kappa shape index (κ3) is 4.03. The second-order valence-electron chi connectivity index (χ2n) is 7.49. The van der Waals surface area contributed by atoms with Crippen LogP contribution in [0.3, 0.4) is 0 Å². The Kier molecular flexibility index (Phi) is 6.10. The van der Waals surface area contributed by atoms with Crippen LogP contribution in [0.5, 0.6) is 5.75 Å². The van der Waals surface area contributed by atoms with Gasteiger partial charge in [0.25, 0.3) is 5.56 Å². The molecule has 2 aromatic carbocycles. The molecule has 2 heterocycles. The van der Waals surface area contributed by atoms with Gasteiger partial charge in [-0.3, -0.25) is 9.36 Å². The number of aromatic nitrogens is 1. The van der Waals surface area contributed by atoms with Gasteiger partial charge in [0.2, 0.25) is 0 Å². The minimum atomic E-state index is -0.652. The Morgan fingerprint density at radius 1 is 1.19 bits per heavy atom. The molecular formula is C25H24N2O4S. The highest BCUT2D eigenvalue weighted by Crippen LogP contribution is 2.32. The maximum Gasteiger partial charge on any atom is 0.338 e. The van der Waals surface area contributed by atoms with Gasteiger partial charge in [-0.2, -0.15) is 0 Å². The number of hydrogen-bond acceptors (Lipinski definition) is 6. The van der Waals surface area contributed by atoms with Crippen LogP contribution in [0.2, 0.25) is 0 Å². The summed E-state index contributed by atoms with van der Waals surface area (Å²) in [5.74, 6) is 0.163. The Labute approximate surface area is 189 Å². The molecule has 6 nitrogen and oxygen atoms in total. The van der Waals surface area contributed by atoms with Crippen molar-refractivity contribution < 1.29 is 14.3 Å². The number of hydrogen-bond donors (Lipinski definition) is 0. The second kappa shape index (κ2) is 8.96. The van der Waals surface area contributed by atoms with Crippen molar-refractivity contribution in [3.05, 3.63) is 96.2 Å². The van der Waals surface area contributed by atoms with Crippen LogP contribution in [0.15, 0.2) is 69.6 Å². The summed E-state index contributed by atoms with van der Waals surface area (Å²) in [6.45, 7) is 5.78. The Balaban J connectivity index is 1.96. The highest BCUT2D eigenvalue weighted by Gasteiger charge is 2.33. The van der Waals surface area contributed by atoms with Crippen LogP contribution in [-0.4, -0.2) is 24.3 Å². The molecule has 0 radical (unpaired) electrons. The predicted molar refractivity (Wildman–Crippen MR) is 125 cm³/mol. The number of carbonyl (C=O) groups is 1. The van der Waals surface area contributed by atoms with Crippen molar-refractivity contribution >= 4 is 23.4 Å². The van der Waals surface area contributed by atoms with E-state index in [9.17, 15) is 9.59 Å². The molecule has 32 heavy (non-hydrogen) atoms. The summed E-state index contributed by atoms with van der Waals surface area (Å²) in [5, 5.41) is 0. The summed E-state index contributed by atoms with van der Waals surface area (Å²) in [6, 6.07) is 14.7. The SMILES string of the molecule is CCOC(=O)C1=C(C)N=c2s/c(=C\c3ccc(C)cc3)c(=O)n2C1c1cccc(OC)c1. The fraction of sp³-hybridized carbons (Fsp3) is 0.240. The van der Waals surface area contributed by atoms with Crippen molar-refractivity contribution in [3.63, 3.8) is 0 Å². The van der Waals surface area contributed by atoms with Crippen molar-refractivity contribution in [2.24, 2.45) is 4.99 Å². The van der Waals surface area contributed by atoms with Crippen molar-refractivity contribution in [2.45, 2.75) is 26.8 Å². The number of benzene rings is 2. The molecule has 1 aliphatic rings. The Hall–Kier alpha value is -3.45. The second-order valence-corrected chi connectivity index (χ2v) is 8.50. The van der Waals surface area contributed by atoms with Gasteiger partial charge in [-0.1, -0.05) is 53.3 Å². The summed E-state index contributed by atoms with van der Waals surface area (Å²) in [7, 11) is 1.58. The summed E-state index contributed by atoms with van der Waals surface area (Å²) >= 11 is 1.31. The lowest BCUT2D eigenvalue weighted by Crippen LogP contribution is -2.39. The van der Waals surface area contributed by atoms with Crippen LogP contribution in [0.1, 0.15) is 36.6 Å². The monoisotopic (exact) mass is 448 g/mol. The number of aryl methyl sites for hydroxylation is 1. The first kappa shape index (κ1) is 21.8. The van der Waals surface area contributed by atoms with E-state index in [1.54, 1.807) is 25.5 Å². The van der Waals surface area contributed by atoms with Crippen molar-refractivity contribution in [1.29, 1.82) is 0 Å². The predicted octanol–water partition coefficient (Wildman–Crippen LogP) is 3.12. The molecule has 4 rings (SSSR count). The average Bonchev–Trinajstić information content (AvgIpc) is 3.09. The average molecular weight is 449 g/mol. The quantitative estimate of drug-likeness (QED) is 0.563. The molecule has 1 atom stereocenters. The Bertz CT molecular complexity index is 1380. The largest absolute Gasteiger partial charge is 0.497 e. The summed E-state index contributed by atoms with van der Waals surface area (Å²) in [6.07, 6.45) is 1.86. The van der Waals surface area contributed by atoms with Gasteiger partial charge in [0.15, 0.2) is 4.80 Å². The zero-order chi connectivity index (χ0) is 22.8. The van der Waals surface area contributed by atoms with E-state index in [2.05, 4.69) is 4.99 Å². The summed E-state index contributed by atoms with van der Waals surface area (Å²) < 4.78 is 12.8. The molecule has 1 unspecified atom stereocenters. The molecule has 0 bridgehead atoms. The highest BCUT2D eigenvalue weighted by molar-refractivity contribution is 7.07. The molecule has 0 N–H and O–H groups in total. The number of rotatable bonds is 5. The molecule has 164 valence electrons. The molecular weight excluding hydrogens is 424 g/mol. The van der Waals surface area contributed by atoms with E-state index >= 15 is 0 Å². The first-order valence-corrected chi connectivity index (χ1v) is 11.1. The van der Waals surface area contributed by atoms with Crippen LogP contribution in [0, 0.1) is 6.92 Å². The standard InChI is InChI=1S/C25H24N2O4S/c1-5-31-24(29)21-16(3)26-25-27(22(21)18-7-6-8-19(14-18)30-4)23(28)20(32-25)13-17-11-9-15(2)10-12-17/h6-14,22H,5H2,1-4H3/b20-13-.